The second-order valence-corrected chi connectivity index (χ2v) is 6.17. The molecule has 1 fully saturated rings. The fraction of sp³-hybridized carbons (Fsp3) is 0.500. The minimum absolute atomic E-state index is 0.625. The van der Waals surface area contributed by atoms with Gasteiger partial charge in [-0.1, -0.05) is 6.07 Å². The molecule has 0 bridgehead atoms. The van der Waals surface area contributed by atoms with Gasteiger partial charge < -0.3 is 15.1 Å². The molecule has 0 aromatic carbocycles. The molecule has 21 heavy (non-hydrogen) atoms. The lowest BCUT2D eigenvalue weighted by Crippen LogP contribution is -2.25. The number of nitrogens with one attached hydrogen (secondary N) is 1. The van der Waals surface area contributed by atoms with Gasteiger partial charge in [-0.25, -0.2) is 0 Å². The van der Waals surface area contributed by atoms with Gasteiger partial charge in [0.25, 0.3) is 0 Å². The number of hydrogen-bond acceptors (Lipinski definition) is 7. The van der Waals surface area contributed by atoms with Crippen LogP contribution >= 0.6 is 11.3 Å². The number of anilines is 3. The maximum Gasteiger partial charge on any atom is 0.232 e. The highest BCUT2D eigenvalue weighted by atomic mass is 32.1. The van der Waals surface area contributed by atoms with Crippen LogP contribution in [0.2, 0.25) is 0 Å². The third-order valence-electron chi connectivity index (χ3n) is 3.54. The fourth-order valence-electron chi connectivity index (χ4n) is 2.40. The summed E-state index contributed by atoms with van der Waals surface area (Å²) >= 11 is 1.75. The van der Waals surface area contributed by atoms with Crippen molar-refractivity contribution in [1.82, 2.24) is 15.0 Å². The van der Waals surface area contributed by atoms with Crippen LogP contribution in [0.4, 0.5) is 17.8 Å². The quantitative estimate of drug-likeness (QED) is 0.914. The molecule has 0 amide bonds. The molecule has 0 radical (unpaired) electrons. The average Bonchev–Trinajstić information content (AvgIpc) is 3.20. The average molecular weight is 304 g/mol. The van der Waals surface area contributed by atoms with Crippen LogP contribution in [0.5, 0.6) is 0 Å². The van der Waals surface area contributed by atoms with Crippen molar-refractivity contribution in [2.75, 3.05) is 42.3 Å². The Morgan fingerprint density at radius 3 is 2.76 bits per heavy atom. The van der Waals surface area contributed by atoms with E-state index in [1.807, 2.05) is 14.1 Å². The Hall–Kier alpha value is -1.89. The van der Waals surface area contributed by atoms with Gasteiger partial charge in [-0.3, -0.25) is 0 Å². The van der Waals surface area contributed by atoms with Crippen molar-refractivity contribution in [2.45, 2.75) is 19.4 Å². The molecule has 2 aromatic rings. The molecule has 0 spiro atoms. The Bertz CT molecular complexity index is 579. The summed E-state index contributed by atoms with van der Waals surface area (Å²) in [5.41, 5.74) is 0. The van der Waals surface area contributed by atoms with Crippen LogP contribution in [0.15, 0.2) is 17.5 Å². The van der Waals surface area contributed by atoms with Crippen molar-refractivity contribution >= 4 is 29.2 Å². The van der Waals surface area contributed by atoms with Gasteiger partial charge in [-0.15, -0.1) is 11.3 Å². The van der Waals surface area contributed by atoms with Crippen LogP contribution < -0.4 is 15.1 Å². The van der Waals surface area contributed by atoms with Crippen LogP contribution in [0.25, 0.3) is 0 Å². The van der Waals surface area contributed by atoms with Crippen molar-refractivity contribution in [3.63, 3.8) is 0 Å². The van der Waals surface area contributed by atoms with Gasteiger partial charge in [0.15, 0.2) is 0 Å². The van der Waals surface area contributed by atoms with E-state index in [9.17, 15) is 0 Å². The Morgan fingerprint density at radius 1 is 1.29 bits per heavy atom. The molecule has 7 heteroatoms. The maximum atomic E-state index is 4.64. The first kappa shape index (κ1) is 14.1. The van der Waals surface area contributed by atoms with E-state index in [0.29, 0.717) is 11.9 Å². The van der Waals surface area contributed by atoms with E-state index < -0.39 is 0 Å². The molecular formula is C14H20N6S. The van der Waals surface area contributed by atoms with Crippen LogP contribution in [0, 0.1) is 0 Å². The summed E-state index contributed by atoms with van der Waals surface area (Å²) in [6.07, 6.45) is 2.42. The highest BCUT2D eigenvalue weighted by molar-refractivity contribution is 7.09. The van der Waals surface area contributed by atoms with Crippen molar-refractivity contribution in [1.29, 1.82) is 0 Å². The molecule has 1 aliphatic heterocycles. The molecule has 6 nitrogen and oxygen atoms in total. The first-order valence-corrected chi connectivity index (χ1v) is 8.06. The van der Waals surface area contributed by atoms with Gasteiger partial charge in [0, 0.05) is 32.1 Å². The molecule has 0 unspecified atom stereocenters. The van der Waals surface area contributed by atoms with E-state index in [-0.39, 0.29) is 0 Å². The number of thiophene rings is 1. The van der Waals surface area contributed by atoms with Crippen molar-refractivity contribution < 1.29 is 0 Å². The first-order chi connectivity index (χ1) is 10.3. The van der Waals surface area contributed by atoms with Gasteiger partial charge in [-0.2, -0.15) is 15.0 Å². The predicted octanol–water partition coefficient (Wildman–Crippen LogP) is 2.21. The SMILES string of the molecule is CNc1nc(N(C)Cc2cccs2)nc(N2CCCC2)n1. The molecule has 3 heterocycles. The fourth-order valence-corrected chi connectivity index (χ4v) is 3.16. The number of aromatic nitrogens is 3. The standard InChI is InChI=1S/C14H20N6S/c1-15-12-16-13(19(2)10-11-6-5-9-21-11)18-14(17-12)20-7-3-4-8-20/h5-6,9H,3-4,7-8,10H2,1-2H3,(H,15,16,17,18). The molecule has 1 saturated heterocycles. The number of hydrogen-bond donors (Lipinski definition) is 1. The summed E-state index contributed by atoms with van der Waals surface area (Å²) in [4.78, 5) is 19.2. The zero-order valence-corrected chi connectivity index (χ0v) is 13.2. The van der Waals surface area contributed by atoms with E-state index in [1.165, 1.54) is 17.7 Å². The largest absolute Gasteiger partial charge is 0.357 e. The van der Waals surface area contributed by atoms with Gasteiger partial charge in [-0.05, 0) is 24.3 Å². The molecule has 0 aliphatic carbocycles. The predicted molar refractivity (Wildman–Crippen MR) is 87.2 cm³/mol. The zero-order chi connectivity index (χ0) is 14.7. The van der Waals surface area contributed by atoms with Gasteiger partial charge in [0.2, 0.25) is 17.8 Å². The normalized spacial score (nSPS) is 14.5. The Balaban J connectivity index is 1.84. The summed E-state index contributed by atoms with van der Waals surface area (Å²) in [5, 5.41) is 5.12. The minimum atomic E-state index is 0.625. The topological polar surface area (TPSA) is 57.2 Å². The molecule has 3 rings (SSSR count). The summed E-state index contributed by atoms with van der Waals surface area (Å²) < 4.78 is 0. The Labute approximate surface area is 128 Å². The molecule has 0 atom stereocenters. The van der Waals surface area contributed by atoms with Crippen molar-refractivity contribution in [2.24, 2.45) is 0 Å². The Kier molecular flexibility index (Phi) is 4.19. The molecule has 1 N–H and O–H groups in total. The molecule has 2 aromatic heterocycles. The highest BCUT2D eigenvalue weighted by Crippen LogP contribution is 2.21. The molecule has 1 aliphatic rings. The van der Waals surface area contributed by atoms with Crippen LogP contribution in [0.3, 0.4) is 0 Å². The third kappa shape index (κ3) is 3.24. The van der Waals surface area contributed by atoms with E-state index >= 15 is 0 Å². The first-order valence-electron chi connectivity index (χ1n) is 7.18. The summed E-state index contributed by atoms with van der Waals surface area (Å²) in [5.74, 6) is 2.12. The van der Waals surface area contributed by atoms with E-state index in [1.54, 1.807) is 11.3 Å². The van der Waals surface area contributed by atoms with E-state index in [2.05, 4.69) is 47.6 Å². The molecule has 0 saturated carbocycles. The molecule has 112 valence electrons. The number of nitrogens with zero attached hydrogens (tertiary/aromatic N) is 5. The van der Waals surface area contributed by atoms with E-state index in [4.69, 9.17) is 0 Å². The highest BCUT2D eigenvalue weighted by Gasteiger charge is 2.18. The third-order valence-corrected chi connectivity index (χ3v) is 4.40. The lowest BCUT2D eigenvalue weighted by atomic mass is 10.4. The van der Waals surface area contributed by atoms with Crippen LogP contribution in [-0.4, -0.2) is 42.1 Å². The van der Waals surface area contributed by atoms with Crippen LogP contribution in [-0.2, 0) is 6.54 Å². The second-order valence-electron chi connectivity index (χ2n) is 5.14. The van der Waals surface area contributed by atoms with Crippen molar-refractivity contribution in [3.8, 4) is 0 Å². The van der Waals surface area contributed by atoms with Gasteiger partial charge in [0.05, 0.1) is 6.54 Å². The zero-order valence-electron chi connectivity index (χ0n) is 12.4. The van der Waals surface area contributed by atoms with Gasteiger partial charge >= 0.3 is 0 Å². The summed E-state index contributed by atoms with van der Waals surface area (Å²) in [6.45, 7) is 2.87. The summed E-state index contributed by atoms with van der Waals surface area (Å²) in [7, 11) is 3.86. The number of rotatable bonds is 5. The lowest BCUT2D eigenvalue weighted by molar-refractivity contribution is 0.832. The summed E-state index contributed by atoms with van der Waals surface area (Å²) in [6, 6.07) is 4.19. The minimum Gasteiger partial charge on any atom is -0.357 e. The second kappa shape index (κ2) is 6.26. The lowest BCUT2D eigenvalue weighted by Gasteiger charge is -2.20. The molecular weight excluding hydrogens is 284 g/mol. The van der Waals surface area contributed by atoms with E-state index in [0.717, 1.165) is 25.6 Å². The van der Waals surface area contributed by atoms with Crippen molar-refractivity contribution in [3.05, 3.63) is 22.4 Å². The maximum absolute atomic E-state index is 4.64. The van der Waals surface area contributed by atoms with Gasteiger partial charge in [0.1, 0.15) is 0 Å². The monoisotopic (exact) mass is 304 g/mol. The van der Waals surface area contributed by atoms with Crippen LogP contribution in [0.1, 0.15) is 17.7 Å². The smallest absolute Gasteiger partial charge is 0.232 e. The Morgan fingerprint density at radius 2 is 2.10 bits per heavy atom.